The highest BCUT2D eigenvalue weighted by Crippen LogP contribution is 2.17. The summed E-state index contributed by atoms with van der Waals surface area (Å²) in [5.74, 6) is -0.0344. The van der Waals surface area contributed by atoms with Crippen LogP contribution in [0.5, 0.6) is 5.75 Å². The fourth-order valence-corrected chi connectivity index (χ4v) is 1.94. The first-order chi connectivity index (χ1) is 8.63. The van der Waals surface area contributed by atoms with Crippen molar-refractivity contribution in [3.63, 3.8) is 0 Å². The van der Waals surface area contributed by atoms with E-state index >= 15 is 0 Å². The topological polar surface area (TPSA) is 58.6 Å². The molecule has 18 heavy (non-hydrogen) atoms. The average Bonchev–Trinajstić information content (AvgIpc) is 2.33. The summed E-state index contributed by atoms with van der Waals surface area (Å²) in [5, 5.41) is 11.9. The summed E-state index contributed by atoms with van der Waals surface area (Å²) < 4.78 is 6.47. The Morgan fingerprint density at radius 2 is 2.33 bits per heavy atom. The molecule has 100 valence electrons. The Labute approximate surface area is 115 Å². The molecule has 1 rings (SSSR count). The van der Waals surface area contributed by atoms with E-state index in [2.05, 4.69) is 21.2 Å². The molecule has 4 nitrogen and oxygen atoms in total. The highest BCUT2D eigenvalue weighted by atomic mass is 79.9. The van der Waals surface area contributed by atoms with Gasteiger partial charge in [-0.25, -0.2) is 0 Å². The van der Waals surface area contributed by atoms with Crippen LogP contribution in [0, 0.1) is 0 Å². The van der Waals surface area contributed by atoms with Gasteiger partial charge in [0.15, 0.2) is 0 Å². The largest absolute Gasteiger partial charge is 0.492 e. The third-order valence-corrected chi connectivity index (χ3v) is 2.93. The number of ether oxygens (including phenoxy) is 1. The molecule has 0 heterocycles. The predicted molar refractivity (Wildman–Crippen MR) is 74.0 cm³/mol. The highest BCUT2D eigenvalue weighted by molar-refractivity contribution is 9.10. The van der Waals surface area contributed by atoms with Crippen molar-refractivity contribution in [1.82, 2.24) is 5.32 Å². The van der Waals surface area contributed by atoms with E-state index in [0.717, 1.165) is 16.6 Å². The van der Waals surface area contributed by atoms with E-state index in [1.165, 1.54) is 0 Å². The molecule has 5 heteroatoms. The molecular weight excluding hydrogens is 298 g/mol. The van der Waals surface area contributed by atoms with Crippen LogP contribution in [0.1, 0.15) is 19.8 Å². The minimum absolute atomic E-state index is 0.448. The molecule has 0 amide bonds. The lowest BCUT2D eigenvalue weighted by Crippen LogP contribution is -2.38. The summed E-state index contributed by atoms with van der Waals surface area (Å²) in [6.07, 6.45) is 1.47. The molecule has 0 aliphatic rings. The first-order valence-corrected chi connectivity index (χ1v) is 6.77. The lowest BCUT2D eigenvalue weighted by atomic mass is 10.2. The molecule has 1 unspecified atom stereocenters. The number of hydrogen-bond acceptors (Lipinski definition) is 3. The molecule has 0 aromatic heterocycles. The van der Waals surface area contributed by atoms with E-state index in [1.807, 2.05) is 31.2 Å². The van der Waals surface area contributed by atoms with Gasteiger partial charge in [0.1, 0.15) is 18.4 Å². The van der Waals surface area contributed by atoms with Crippen molar-refractivity contribution < 1.29 is 14.6 Å². The standard InChI is InChI=1S/C13H18BrNO3/c1-2-4-12(13(16)17)15-7-8-18-11-6-3-5-10(14)9-11/h3,5-6,9,12,15H,2,4,7-8H2,1H3,(H,16,17). The van der Waals surface area contributed by atoms with Crippen LogP contribution in [0.3, 0.4) is 0 Å². The second-order valence-corrected chi connectivity index (χ2v) is 4.86. The van der Waals surface area contributed by atoms with Crippen LogP contribution in [-0.4, -0.2) is 30.3 Å². The molecule has 2 N–H and O–H groups in total. The second-order valence-electron chi connectivity index (χ2n) is 3.94. The normalized spacial score (nSPS) is 12.1. The van der Waals surface area contributed by atoms with Crippen LogP contribution in [0.15, 0.2) is 28.7 Å². The smallest absolute Gasteiger partial charge is 0.320 e. The van der Waals surface area contributed by atoms with Gasteiger partial charge in [0.05, 0.1) is 0 Å². The number of aliphatic carboxylic acids is 1. The van der Waals surface area contributed by atoms with Gasteiger partial charge in [-0.15, -0.1) is 0 Å². The SMILES string of the molecule is CCCC(NCCOc1cccc(Br)c1)C(=O)O. The monoisotopic (exact) mass is 315 g/mol. The number of halogens is 1. The zero-order valence-electron chi connectivity index (χ0n) is 10.4. The summed E-state index contributed by atoms with van der Waals surface area (Å²) in [6, 6.07) is 7.07. The molecule has 0 aliphatic carbocycles. The van der Waals surface area contributed by atoms with Crippen LogP contribution in [0.2, 0.25) is 0 Å². The minimum Gasteiger partial charge on any atom is -0.492 e. The third-order valence-electron chi connectivity index (χ3n) is 2.43. The maximum atomic E-state index is 10.9. The molecule has 1 aromatic rings. The van der Waals surface area contributed by atoms with Crippen LogP contribution in [0.25, 0.3) is 0 Å². The quantitative estimate of drug-likeness (QED) is 0.724. The Morgan fingerprint density at radius 1 is 1.56 bits per heavy atom. The maximum Gasteiger partial charge on any atom is 0.320 e. The summed E-state index contributed by atoms with van der Waals surface area (Å²) in [5.41, 5.74) is 0. The van der Waals surface area contributed by atoms with Gasteiger partial charge in [0.25, 0.3) is 0 Å². The van der Waals surface area contributed by atoms with Crippen LogP contribution >= 0.6 is 15.9 Å². The Kier molecular flexibility index (Phi) is 6.75. The Bertz CT molecular complexity index is 384. The fourth-order valence-electron chi connectivity index (χ4n) is 1.56. The van der Waals surface area contributed by atoms with Crippen molar-refractivity contribution in [2.24, 2.45) is 0 Å². The lowest BCUT2D eigenvalue weighted by Gasteiger charge is -2.13. The first kappa shape index (κ1) is 15.0. The molecular formula is C13H18BrNO3. The molecule has 0 aliphatic heterocycles. The van der Waals surface area contributed by atoms with Gasteiger partial charge in [-0.3, -0.25) is 4.79 Å². The van der Waals surface area contributed by atoms with Crippen LogP contribution < -0.4 is 10.1 Å². The lowest BCUT2D eigenvalue weighted by molar-refractivity contribution is -0.139. The fraction of sp³-hybridized carbons (Fsp3) is 0.462. The molecule has 0 saturated heterocycles. The number of nitrogens with one attached hydrogen (secondary N) is 1. The van der Waals surface area contributed by atoms with E-state index in [4.69, 9.17) is 9.84 Å². The van der Waals surface area contributed by atoms with Crippen molar-refractivity contribution in [1.29, 1.82) is 0 Å². The van der Waals surface area contributed by atoms with Crippen molar-refractivity contribution >= 4 is 21.9 Å². The zero-order chi connectivity index (χ0) is 13.4. The highest BCUT2D eigenvalue weighted by Gasteiger charge is 2.14. The average molecular weight is 316 g/mol. The van der Waals surface area contributed by atoms with E-state index in [1.54, 1.807) is 0 Å². The van der Waals surface area contributed by atoms with Gasteiger partial charge < -0.3 is 15.2 Å². The Hall–Kier alpha value is -1.07. The third kappa shape index (κ3) is 5.51. The minimum atomic E-state index is -0.806. The van der Waals surface area contributed by atoms with Gasteiger partial charge >= 0.3 is 5.97 Å². The summed E-state index contributed by atoms with van der Waals surface area (Å²) in [7, 11) is 0. The molecule has 0 radical (unpaired) electrons. The second kappa shape index (κ2) is 8.11. The molecule has 0 spiro atoms. The summed E-state index contributed by atoms with van der Waals surface area (Å²) >= 11 is 3.36. The van der Waals surface area contributed by atoms with Gasteiger partial charge in [0, 0.05) is 11.0 Å². The Balaban J connectivity index is 2.27. The number of carboxylic acids is 1. The van der Waals surface area contributed by atoms with Gasteiger partial charge in [0.2, 0.25) is 0 Å². The molecule has 1 aromatic carbocycles. The van der Waals surface area contributed by atoms with Crippen LogP contribution in [0.4, 0.5) is 0 Å². The van der Waals surface area contributed by atoms with E-state index in [9.17, 15) is 4.79 Å². The van der Waals surface area contributed by atoms with Crippen molar-refractivity contribution in [2.75, 3.05) is 13.2 Å². The molecule has 0 saturated carbocycles. The summed E-state index contributed by atoms with van der Waals surface area (Å²) in [6.45, 7) is 2.93. The zero-order valence-corrected chi connectivity index (χ0v) is 11.9. The van der Waals surface area contributed by atoms with E-state index in [0.29, 0.717) is 19.6 Å². The number of carbonyl (C=O) groups is 1. The van der Waals surface area contributed by atoms with Gasteiger partial charge in [-0.1, -0.05) is 35.3 Å². The van der Waals surface area contributed by atoms with Crippen molar-refractivity contribution in [3.8, 4) is 5.75 Å². The van der Waals surface area contributed by atoms with Crippen molar-refractivity contribution in [2.45, 2.75) is 25.8 Å². The first-order valence-electron chi connectivity index (χ1n) is 5.98. The summed E-state index contributed by atoms with van der Waals surface area (Å²) in [4.78, 5) is 10.9. The predicted octanol–water partition coefficient (Wildman–Crippen LogP) is 2.67. The maximum absolute atomic E-state index is 10.9. The number of hydrogen-bond donors (Lipinski definition) is 2. The van der Waals surface area contributed by atoms with Gasteiger partial charge in [-0.2, -0.15) is 0 Å². The van der Waals surface area contributed by atoms with Gasteiger partial charge in [-0.05, 0) is 24.6 Å². The van der Waals surface area contributed by atoms with E-state index in [-0.39, 0.29) is 0 Å². The van der Waals surface area contributed by atoms with Crippen molar-refractivity contribution in [3.05, 3.63) is 28.7 Å². The molecule has 0 fully saturated rings. The molecule has 1 atom stereocenters. The van der Waals surface area contributed by atoms with E-state index < -0.39 is 12.0 Å². The number of carboxylic acid groups (broad SMARTS) is 1. The number of rotatable bonds is 8. The molecule has 0 bridgehead atoms. The number of benzene rings is 1. The Morgan fingerprint density at radius 3 is 2.94 bits per heavy atom. The van der Waals surface area contributed by atoms with Crippen LogP contribution in [-0.2, 0) is 4.79 Å².